The quantitative estimate of drug-likeness (QED) is 0.268. The van der Waals surface area contributed by atoms with E-state index in [0.717, 1.165) is 77.7 Å². The van der Waals surface area contributed by atoms with Gasteiger partial charge in [-0.2, -0.15) is 5.10 Å². The summed E-state index contributed by atoms with van der Waals surface area (Å²) in [7, 11) is 0. The number of rotatable bonds is 7. The largest absolute Gasteiger partial charge is 0.492 e. The summed E-state index contributed by atoms with van der Waals surface area (Å²) in [4.78, 5) is 15.6. The number of nitrogens with zero attached hydrogens (tertiary/aromatic N) is 3. The van der Waals surface area contributed by atoms with Crippen molar-refractivity contribution >= 4 is 27.6 Å². The van der Waals surface area contributed by atoms with Gasteiger partial charge in [0.15, 0.2) is 6.23 Å². The Labute approximate surface area is 242 Å². The Morgan fingerprint density at radius 2 is 1.85 bits per heavy atom. The molecule has 1 aromatic heterocycles. The number of ether oxygens (including phenoxy) is 2. The molecule has 6 rings (SSSR count). The van der Waals surface area contributed by atoms with Gasteiger partial charge >= 0.3 is 0 Å². The highest BCUT2D eigenvalue weighted by atomic mass is 16.5. The van der Waals surface area contributed by atoms with Crippen molar-refractivity contribution in [3.05, 3.63) is 60.2 Å². The second-order valence-corrected chi connectivity index (χ2v) is 12.5. The maximum absolute atomic E-state index is 13.1. The zero-order chi connectivity index (χ0) is 28.6. The van der Waals surface area contributed by atoms with E-state index < -0.39 is 0 Å². The van der Waals surface area contributed by atoms with E-state index in [1.807, 2.05) is 43.7 Å². The third-order valence-corrected chi connectivity index (χ3v) is 8.32. The van der Waals surface area contributed by atoms with E-state index in [-0.39, 0.29) is 17.7 Å². The molecule has 7 heteroatoms. The average Bonchev–Trinajstić information content (AvgIpc) is 3.59. The Morgan fingerprint density at radius 1 is 1.02 bits per heavy atom. The first-order chi connectivity index (χ1) is 19.8. The second-order valence-electron chi connectivity index (χ2n) is 12.5. The minimum atomic E-state index is -0.317. The molecule has 3 aromatic carbocycles. The van der Waals surface area contributed by atoms with Gasteiger partial charge in [0.05, 0.1) is 5.52 Å². The molecule has 216 valence electrons. The normalized spacial score (nSPS) is 20.1. The molecule has 0 saturated carbocycles. The lowest BCUT2D eigenvalue weighted by molar-refractivity contribution is -0.0365. The summed E-state index contributed by atoms with van der Waals surface area (Å²) in [5.74, 6) is 0.824. The molecule has 41 heavy (non-hydrogen) atoms. The fourth-order valence-corrected chi connectivity index (χ4v) is 6.20. The Kier molecular flexibility index (Phi) is 7.75. The topological polar surface area (TPSA) is 68.6 Å². The van der Waals surface area contributed by atoms with Crippen LogP contribution in [0.4, 0.5) is 0 Å². The van der Waals surface area contributed by atoms with Crippen molar-refractivity contribution in [2.75, 3.05) is 26.3 Å². The molecule has 0 aliphatic carbocycles. The molecule has 0 radical (unpaired) electrons. The molecule has 2 atom stereocenters. The Bertz CT molecular complexity index is 1550. The van der Waals surface area contributed by atoms with E-state index >= 15 is 0 Å². The lowest BCUT2D eigenvalue weighted by Gasteiger charge is -2.23. The number of likely N-dealkylation sites (N-methyl/N-ethyl adjacent to an activating group) is 1. The van der Waals surface area contributed by atoms with Crippen LogP contribution in [0.15, 0.2) is 54.6 Å². The van der Waals surface area contributed by atoms with Gasteiger partial charge in [0.1, 0.15) is 18.1 Å². The summed E-state index contributed by atoms with van der Waals surface area (Å²) in [6.45, 7) is 11.9. The smallest absolute Gasteiger partial charge is 0.251 e. The van der Waals surface area contributed by atoms with Crippen molar-refractivity contribution in [1.82, 2.24) is 20.0 Å². The highest BCUT2D eigenvalue weighted by molar-refractivity contribution is 6.02. The fourth-order valence-electron chi connectivity index (χ4n) is 6.20. The molecule has 2 fully saturated rings. The third kappa shape index (κ3) is 5.97. The molecule has 2 aliphatic heterocycles. The van der Waals surface area contributed by atoms with E-state index in [1.165, 1.54) is 19.4 Å². The van der Waals surface area contributed by atoms with Crippen molar-refractivity contribution in [3.8, 4) is 17.0 Å². The average molecular weight is 555 g/mol. The first kappa shape index (κ1) is 27.7. The van der Waals surface area contributed by atoms with Crippen LogP contribution < -0.4 is 10.1 Å². The first-order valence-electron chi connectivity index (χ1n) is 15.2. The third-order valence-electron chi connectivity index (χ3n) is 8.32. The number of likely N-dealkylation sites (tertiary alicyclic amines) is 1. The van der Waals surface area contributed by atoms with Gasteiger partial charge < -0.3 is 14.8 Å². The lowest BCUT2D eigenvalue weighted by atomic mass is 10.0. The van der Waals surface area contributed by atoms with Crippen molar-refractivity contribution in [1.29, 1.82) is 0 Å². The molecule has 1 amide bonds. The standard InChI is InChI=1S/C34H42N4O3/c1-5-37-17-8-9-27(37)22-41-28-15-13-23-19-25(12-11-24(23)20-28)32-29-21-26(33(39)35-34(2,3)4)14-16-30(29)38(36-32)31-10-6-7-18-40-31/h11-16,19-21,27,31H,5-10,17-18,22H2,1-4H3,(H,35,39). The highest BCUT2D eigenvalue weighted by Crippen LogP contribution is 2.35. The van der Waals surface area contributed by atoms with Gasteiger partial charge in [-0.15, -0.1) is 0 Å². The highest BCUT2D eigenvalue weighted by Gasteiger charge is 2.25. The number of carbonyl (C=O) groups excluding carboxylic acids is 1. The van der Waals surface area contributed by atoms with Gasteiger partial charge in [0.2, 0.25) is 0 Å². The van der Waals surface area contributed by atoms with Crippen LogP contribution in [0.1, 0.15) is 76.4 Å². The van der Waals surface area contributed by atoms with Gasteiger partial charge in [-0.1, -0.05) is 25.1 Å². The number of carbonyl (C=O) groups is 1. The van der Waals surface area contributed by atoms with Crippen LogP contribution in [0.3, 0.4) is 0 Å². The van der Waals surface area contributed by atoms with Crippen LogP contribution in [0, 0.1) is 0 Å². The van der Waals surface area contributed by atoms with Crippen LogP contribution >= 0.6 is 0 Å². The molecule has 2 unspecified atom stereocenters. The van der Waals surface area contributed by atoms with Gasteiger partial charge in [-0.05, 0) is 113 Å². The predicted octanol–water partition coefficient (Wildman–Crippen LogP) is 6.95. The van der Waals surface area contributed by atoms with Crippen LogP contribution in [0.2, 0.25) is 0 Å². The molecule has 2 saturated heterocycles. The molecule has 4 aromatic rings. The summed E-state index contributed by atoms with van der Waals surface area (Å²) >= 11 is 0. The lowest BCUT2D eigenvalue weighted by Crippen LogP contribution is -2.40. The molecule has 0 spiro atoms. The number of amides is 1. The Balaban J connectivity index is 1.33. The zero-order valence-corrected chi connectivity index (χ0v) is 24.8. The molecular formula is C34H42N4O3. The number of fused-ring (bicyclic) bond motifs is 2. The molecule has 0 bridgehead atoms. The summed E-state index contributed by atoms with van der Waals surface area (Å²) in [6.07, 6.45) is 5.48. The molecule has 2 aliphatic rings. The number of hydrogen-bond donors (Lipinski definition) is 1. The molecule has 1 N–H and O–H groups in total. The van der Waals surface area contributed by atoms with Crippen molar-refractivity contribution < 1.29 is 14.3 Å². The summed E-state index contributed by atoms with van der Waals surface area (Å²) < 4.78 is 14.4. The summed E-state index contributed by atoms with van der Waals surface area (Å²) in [5.41, 5.74) is 3.18. The number of aromatic nitrogens is 2. The van der Waals surface area contributed by atoms with E-state index in [0.29, 0.717) is 11.6 Å². The molecule has 7 nitrogen and oxygen atoms in total. The maximum atomic E-state index is 13.1. The monoisotopic (exact) mass is 554 g/mol. The van der Waals surface area contributed by atoms with Crippen molar-refractivity contribution in [2.24, 2.45) is 0 Å². The zero-order valence-electron chi connectivity index (χ0n) is 24.8. The Morgan fingerprint density at radius 3 is 2.63 bits per heavy atom. The van der Waals surface area contributed by atoms with Gasteiger partial charge in [0.25, 0.3) is 5.91 Å². The maximum Gasteiger partial charge on any atom is 0.251 e. The minimum absolute atomic E-state index is 0.0854. The van der Waals surface area contributed by atoms with E-state index in [1.54, 1.807) is 0 Å². The number of nitrogens with one attached hydrogen (secondary N) is 1. The summed E-state index contributed by atoms with van der Waals surface area (Å²) in [5, 5.41) is 11.4. The Hall–Kier alpha value is -3.42. The molecule has 3 heterocycles. The first-order valence-corrected chi connectivity index (χ1v) is 15.2. The van der Waals surface area contributed by atoms with Crippen LogP contribution in [0.5, 0.6) is 5.75 Å². The second kappa shape index (κ2) is 11.5. The predicted molar refractivity (Wildman–Crippen MR) is 164 cm³/mol. The fraction of sp³-hybridized carbons (Fsp3) is 0.471. The van der Waals surface area contributed by atoms with Gasteiger partial charge in [0, 0.05) is 34.7 Å². The minimum Gasteiger partial charge on any atom is -0.492 e. The number of hydrogen-bond acceptors (Lipinski definition) is 5. The summed E-state index contributed by atoms with van der Waals surface area (Å²) in [6, 6.07) is 19.2. The van der Waals surface area contributed by atoms with Crippen LogP contribution in [0.25, 0.3) is 32.9 Å². The van der Waals surface area contributed by atoms with E-state index in [9.17, 15) is 4.79 Å². The van der Waals surface area contributed by atoms with Gasteiger partial charge in [-0.25, -0.2) is 4.68 Å². The van der Waals surface area contributed by atoms with Crippen LogP contribution in [-0.4, -0.2) is 58.5 Å². The number of benzene rings is 3. The molecular weight excluding hydrogens is 512 g/mol. The van der Waals surface area contributed by atoms with Crippen LogP contribution in [-0.2, 0) is 4.74 Å². The van der Waals surface area contributed by atoms with E-state index in [4.69, 9.17) is 14.6 Å². The SMILES string of the molecule is CCN1CCCC1COc1ccc2cc(-c3nn(C4CCCCO4)c4ccc(C(=O)NC(C)(C)C)cc34)ccc2c1. The van der Waals surface area contributed by atoms with Gasteiger partial charge in [-0.3, -0.25) is 9.69 Å². The van der Waals surface area contributed by atoms with Crippen molar-refractivity contribution in [2.45, 2.75) is 77.6 Å². The van der Waals surface area contributed by atoms with Crippen molar-refractivity contribution in [3.63, 3.8) is 0 Å². The van der Waals surface area contributed by atoms with E-state index in [2.05, 4.69) is 53.5 Å².